The number of aromatic nitrogens is 1. The molecule has 1 fully saturated rings. The van der Waals surface area contributed by atoms with Crippen molar-refractivity contribution >= 4 is 5.91 Å². The largest absolute Gasteiger partial charge is 0.472 e. The number of carbonyl (C=O) groups is 1. The van der Waals surface area contributed by atoms with Gasteiger partial charge in [0.1, 0.15) is 6.04 Å². The molecule has 0 unspecified atom stereocenters. The van der Waals surface area contributed by atoms with Crippen LogP contribution in [0.1, 0.15) is 35.2 Å². The van der Waals surface area contributed by atoms with Crippen LogP contribution >= 0.6 is 0 Å². The van der Waals surface area contributed by atoms with Crippen LogP contribution in [0.15, 0.2) is 76.3 Å². The number of pyridine rings is 1. The highest BCUT2D eigenvalue weighted by Gasteiger charge is 2.44. The molecule has 0 aliphatic carbocycles. The van der Waals surface area contributed by atoms with Gasteiger partial charge in [0.25, 0.3) is 5.56 Å². The Kier molecular flexibility index (Phi) is 5.24. The minimum absolute atomic E-state index is 0.0132. The van der Waals surface area contributed by atoms with Crippen molar-refractivity contribution in [2.75, 3.05) is 20.1 Å². The Morgan fingerprint density at radius 2 is 1.90 bits per heavy atom. The van der Waals surface area contributed by atoms with E-state index in [1.807, 2.05) is 24.3 Å². The van der Waals surface area contributed by atoms with Gasteiger partial charge in [0.05, 0.1) is 12.5 Å². The third-order valence-corrected chi connectivity index (χ3v) is 6.60. The lowest BCUT2D eigenvalue weighted by Crippen LogP contribution is -2.53. The third kappa shape index (κ3) is 3.83. The van der Waals surface area contributed by atoms with Crippen molar-refractivity contribution in [1.29, 1.82) is 0 Å². The molecule has 6 nitrogen and oxygen atoms in total. The summed E-state index contributed by atoms with van der Waals surface area (Å²) < 4.78 is 6.92. The molecular weight excluding hydrogens is 390 g/mol. The van der Waals surface area contributed by atoms with E-state index in [4.69, 9.17) is 4.42 Å². The van der Waals surface area contributed by atoms with Crippen LogP contribution in [0.5, 0.6) is 0 Å². The lowest BCUT2D eigenvalue weighted by molar-refractivity contribution is -0.137. The van der Waals surface area contributed by atoms with E-state index >= 15 is 0 Å². The number of piperidine rings is 1. The normalized spacial score (nSPS) is 22.7. The van der Waals surface area contributed by atoms with Crippen molar-refractivity contribution in [3.05, 3.63) is 94.3 Å². The molecule has 2 aliphatic rings. The van der Waals surface area contributed by atoms with Gasteiger partial charge in [-0.2, -0.15) is 0 Å². The molecule has 6 heteroatoms. The van der Waals surface area contributed by atoms with Crippen molar-refractivity contribution in [3.63, 3.8) is 0 Å². The zero-order valence-corrected chi connectivity index (χ0v) is 17.7. The van der Waals surface area contributed by atoms with E-state index in [0.29, 0.717) is 6.54 Å². The Labute approximate surface area is 181 Å². The molecule has 3 atom stereocenters. The molecular formula is C25H27N3O3. The van der Waals surface area contributed by atoms with Crippen molar-refractivity contribution in [3.8, 4) is 0 Å². The van der Waals surface area contributed by atoms with E-state index in [1.165, 1.54) is 5.56 Å². The molecule has 2 aliphatic heterocycles. The van der Waals surface area contributed by atoms with Crippen molar-refractivity contribution < 1.29 is 9.21 Å². The highest BCUT2D eigenvalue weighted by atomic mass is 16.3. The Bertz CT molecular complexity index is 1110. The predicted octanol–water partition coefficient (Wildman–Crippen LogP) is 3.26. The number of hydrogen-bond acceptors (Lipinski definition) is 4. The number of carbonyl (C=O) groups excluding carboxylic acids is 1. The average Bonchev–Trinajstić information content (AvgIpc) is 3.28. The molecule has 4 heterocycles. The predicted molar refractivity (Wildman–Crippen MR) is 117 cm³/mol. The maximum Gasteiger partial charge on any atom is 0.251 e. The van der Waals surface area contributed by atoms with Gasteiger partial charge in [0, 0.05) is 62.4 Å². The standard InChI is InChI=1S/C25H27N3O3/c1-26(13-19-10-11-31-17-19)25(30)24-21-12-20(22-8-5-9-23(29)28(22)24)15-27(16-21)14-18-6-3-2-4-7-18/h2-11,17,20-21,24H,12-16H2,1H3/t20-,21+,24-/m1/s1. The summed E-state index contributed by atoms with van der Waals surface area (Å²) >= 11 is 0. The first-order valence-corrected chi connectivity index (χ1v) is 10.8. The molecule has 2 aromatic heterocycles. The average molecular weight is 418 g/mol. The fraction of sp³-hybridized carbons (Fsp3) is 0.360. The van der Waals surface area contributed by atoms with E-state index in [9.17, 15) is 9.59 Å². The van der Waals surface area contributed by atoms with Crippen LogP contribution in [0.2, 0.25) is 0 Å². The summed E-state index contributed by atoms with van der Waals surface area (Å²) in [5, 5.41) is 0. The number of benzene rings is 1. The quantitative estimate of drug-likeness (QED) is 0.639. The number of likely N-dealkylation sites (tertiary alicyclic amines) is 1. The van der Waals surface area contributed by atoms with Crippen LogP contribution in [-0.2, 0) is 17.9 Å². The summed E-state index contributed by atoms with van der Waals surface area (Å²) in [6.07, 6.45) is 4.20. The first-order chi connectivity index (χ1) is 15.1. The van der Waals surface area contributed by atoms with Gasteiger partial charge >= 0.3 is 0 Å². The molecule has 160 valence electrons. The smallest absolute Gasteiger partial charge is 0.251 e. The number of likely N-dealkylation sites (N-methyl/N-ethyl adjacent to an activating group) is 1. The van der Waals surface area contributed by atoms with Crippen LogP contribution < -0.4 is 5.56 Å². The molecule has 0 spiro atoms. The first kappa shape index (κ1) is 19.8. The topological polar surface area (TPSA) is 58.7 Å². The summed E-state index contributed by atoms with van der Waals surface area (Å²) in [7, 11) is 1.81. The second kappa shape index (κ2) is 8.19. The van der Waals surface area contributed by atoms with Crippen LogP contribution in [0.3, 0.4) is 0 Å². The van der Waals surface area contributed by atoms with Crippen LogP contribution in [0.25, 0.3) is 0 Å². The Morgan fingerprint density at radius 3 is 2.68 bits per heavy atom. The third-order valence-electron chi connectivity index (χ3n) is 6.60. The molecule has 1 saturated heterocycles. The molecule has 0 radical (unpaired) electrons. The molecule has 3 aromatic rings. The van der Waals surface area contributed by atoms with Gasteiger partial charge in [0.2, 0.25) is 5.91 Å². The number of amides is 1. The summed E-state index contributed by atoms with van der Waals surface area (Å²) in [6.45, 7) is 3.03. The molecule has 5 rings (SSSR count). The van der Waals surface area contributed by atoms with Gasteiger partial charge in [-0.3, -0.25) is 19.1 Å². The Hall–Kier alpha value is -3.12. The summed E-state index contributed by atoms with van der Waals surface area (Å²) in [4.78, 5) is 30.7. The molecule has 2 bridgehead atoms. The van der Waals surface area contributed by atoms with Crippen LogP contribution in [0, 0.1) is 5.92 Å². The van der Waals surface area contributed by atoms with E-state index in [0.717, 1.165) is 37.3 Å². The highest BCUT2D eigenvalue weighted by molar-refractivity contribution is 5.81. The maximum absolute atomic E-state index is 13.6. The lowest BCUT2D eigenvalue weighted by atomic mass is 9.78. The maximum atomic E-state index is 13.6. The molecule has 1 amide bonds. The van der Waals surface area contributed by atoms with E-state index in [-0.39, 0.29) is 23.3 Å². The minimum Gasteiger partial charge on any atom is -0.472 e. The molecule has 0 saturated carbocycles. The summed E-state index contributed by atoms with van der Waals surface area (Å²) in [6, 6.07) is 17.2. The summed E-state index contributed by atoms with van der Waals surface area (Å²) in [5.41, 5.74) is 3.11. The van der Waals surface area contributed by atoms with Gasteiger partial charge in [-0.25, -0.2) is 0 Å². The second-order valence-corrected chi connectivity index (χ2v) is 8.80. The second-order valence-electron chi connectivity index (χ2n) is 8.80. The zero-order chi connectivity index (χ0) is 21.4. The minimum atomic E-state index is -0.476. The van der Waals surface area contributed by atoms with Gasteiger partial charge in [-0.15, -0.1) is 0 Å². The summed E-state index contributed by atoms with van der Waals surface area (Å²) in [5.74, 6) is 0.356. The first-order valence-electron chi connectivity index (χ1n) is 10.8. The van der Waals surface area contributed by atoms with Gasteiger partial charge in [-0.1, -0.05) is 36.4 Å². The number of hydrogen-bond donors (Lipinski definition) is 0. The monoisotopic (exact) mass is 417 g/mol. The number of furan rings is 1. The highest BCUT2D eigenvalue weighted by Crippen LogP contribution is 2.42. The van der Waals surface area contributed by atoms with Crippen molar-refractivity contribution in [1.82, 2.24) is 14.4 Å². The lowest BCUT2D eigenvalue weighted by Gasteiger charge is -2.47. The van der Waals surface area contributed by atoms with Crippen molar-refractivity contribution in [2.24, 2.45) is 5.92 Å². The fourth-order valence-electron chi connectivity index (χ4n) is 5.28. The Balaban J connectivity index is 1.46. The fourth-order valence-corrected chi connectivity index (χ4v) is 5.28. The van der Waals surface area contributed by atoms with E-state index in [2.05, 4.69) is 29.2 Å². The van der Waals surface area contributed by atoms with E-state index in [1.54, 1.807) is 35.1 Å². The number of fused-ring (bicyclic) bond motifs is 4. The zero-order valence-electron chi connectivity index (χ0n) is 17.7. The SMILES string of the molecule is CN(Cc1ccoc1)C(=O)[C@H]1[C@H]2C[C@H](CN(Cc3ccccc3)C2)c2cccc(=O)n21. The van der Waals surface area contributed by atoms with Gasteiger partial charge in [-0.05, 0) is 24.1 Å². The van der Waals surface area contributed by atoms with E-state index < -0.39 is 6.04 Å². The number of rotatable bonds is 5. The van der Waals surface area contributed by atoms with Gasteiger partial charge in [0.15, 0.2) is 0 Å². The Morgan fingerprint density at radius 1 is 1.06 bits per heavy atom. The van der Waals surface area contributed by atoms with Crippen LogP contribution in [0.4, 0.5) is 0 Å². The molecule has 31 heavy (non-hydrogen) atoms. The number of nitrogens with zero attached hydrogens (tertiary/aromatic N) is 3. The molecule has 0 N–H and O–H groups in total. The van der Waals surface area contributed by atoms with Crippen LogP contribution in [-0.4, -0.2) is 40.4 Å². The molecule has 1 aromatic carbocycles. The van der Waals surface area contributed by atoms with Crippen molar-refractivity contribution in [2.45, 2.75) is 31.5 Å². The van der Waals surface area contributed by atoms with Gasteiger partial charge < -0.3 is 9.32 Å².